The molecule has 0 saturated carbocycles. The molecule has 22 heavy (non-hydrogen) atoms. The lowest BCUT2D eigenvalue weighted by atomic mass is 10.2. The van der Waals surface area contributed by atoms with Crippen LogP contribution in [0.4, 0.5) is 16.5 Å². The fourth-order valence-electron chi connectivity index (χ4n) is 1.73. The van der Waals surface area contributed by atoms with E-state index in [0.29, 0.717) is 17.4 Å². The van der Waals surface area contributed by atoms with Crippen molar-refractivity contribution in [1.29, 1.82) is 0 Å². The highest BCUT2D eigenvalue weighted by molar-refractivity contribution is 7.13. The highest BCUT2D eigenvalue weighted by Crippen LogP contribution is 2.27. The van der Waals surface area contributed by atoms with Gasteiger partial charge in [-0.15, -0.1) is 21.6 Å². The molecule has 1 aromatic heterocycles. The van der Waals surface area contributed by atoms with Crippen molar-refractivity contribution in [3.05, 3.63) is 34.8 Å². The molecule has 0 amide bonds. The monoisotopic (exact) mass is 316 g/mol. The molecule has 7 heteroatoms. The Morgan fingerprint density at radius 1 is 1.41 bits per heavy atom. The maximum absolute atomic E-state index is 11.4. The van der Waals surface area contributed by atoms with Crippen LogP contribution in [-0.2, 0) is 16.0 Å². The molecule has 1 heterocycles. The summed E-state index contributed by atoms with van der Waals surface area (Å²) in [7, 11) is 0. The fourth-order valence-corrected chi connectivity index (χ4v) is 2.37. The van der Waals surface area contributed by atoms with Crippen molar-refractivity contribution in [2.24, 2.45) is 15.2 Å². The molecule has 0 saturated heterocycles. The molecule has 2 rings (SSSR count). The number of aliphatic imine (C=N–C) groups is 1. The third-order valence-corrected chi connectivity index (χ3v) is 3.55. The Morgan fingerprint density at radius 3 is 2.91 bits per heavy atom. The fraction of sp³-hybridized carbons (Fsp3) is 0.267. The molecule has 0 aliphatic carbocycles. The van der Waals surface area contributed by atoms with Crippen molar-refractivity contribution >= 4 is 40.5 Å². The number of nitrogens with zero attached hydrogens (tertiary/aromatic N) is 4. The first-order valence-corrected chi connectivity index (χ1v) is 7.59. The van der Waals surface area contributed by atoms with Gasteiger partial charge in [0, 0.05) is 5.38 Å². The van der Waals surface area contributed by atoms with E-state index < -0.39 is 0 Å². The van der Waals surface area contributed by atoms with Crippen LogP contribution in [0.5, 0.6) is 0 Å². The van der Waals surface area contributed by atoms with E-state index >= 15 is 0 Å². The Hall–Kier alpha value is -2.41. The topological polar surface area (TPSA) is 76.3 Å². The predicted molar refractivity (Wildman–Crippen MR) is 87.0 cm³/mol. The number of ether oxygens (including phenoxy) is 1. The van der Waals surface area contributed by atoms with E-state index in [0.717, 1.165) is 16.9 Å². The van der Waals surface area contributed by atoms with Gasteiger partial charge in [0.1, 0.15) is 0 Å². The number of carbonyl (C=O) groups excluding carboxylic acids is 1. The van der Waals surface area contributed by atoms with Gasteiger partial charge in [0.2, 0.25) is 5.13 Å². The summed E-state index contributed by atoms with van der Waals surface area (Å²) in [5.74, 6) is -0.292. The summed E-state index contributed by atoms with van der Waals surface area (Å²) >= 11 is 1.33. The molecule has 114 valence electrons. The van der Waals surface area contributed by atoms with Crippen molar-refractivity contribution in [1.82, 2.24) is 4.98 Å². The summed E-state index contributed by atoms with van der Waals surface area (Å²) in [6, 6.07) is 5.54. The van der Waals surface area contributed by atoms with Gasteiger partial charge in [-0.05, 0) is 44.3 Å². The lowest BCUT2D eigenvalue weighted by Gasteiger charge is -1.99. The van der Waals surface area contributed by atoms with Crippen LogP contribution in [0.1, 0.15) is 18.2 Å². The van der Waals surface area contributed by atoms with Crippen LogP contribution >= 0.6 is 11.3 Å². The summed E-state index contributed by atoms with van der Waals surface area (Å²) < 4.78 is 4.88. The number of aromatic nitrogens is 1. The zero-order chi connectivity index (χ0) is 15.9. The van der Waals surface area contributed by atoms with Crippen LogP contribution in [0.25, 0.3) is 0 Å². The number of hydrogen-bond donors (Lipinski definition) is 0. The largest absolute Gasteiger partial charge is 0.466 e. The molecule has 0 spiro atoms. The molecular formula is C15H16N4O2S. The first-order valence-electron chi connectivity index (χ1n) is 6.71. The summed E-state index contributed by atoms with van der Waals surface area (Å²) in [6.07, 6.45) is 0.151. The lowest BCUT2D eigenvalue weighted by molar-refractivity contribution is -0.142. The SMILES string of the molecule is C=Nc1ccc(N=Nc2nc(CC(=O)OCC)cs2)c(C)c1. The number of rotatable bonds is 6. The zero-order valence-corrected chi connectivity index (χ0v) is 13.3. The van der Waals surface area contributed by atoms with Gasteiger partial charge >= 0.3 is 5.97 Å². The zero-order valence-electron chi connectivity index (χ0n) is 12.4. The Balaban J connectivity index is 2.06. The van der Waals surface area contributed by atoms with Crippen molar-refractivity contribution in [2.75, 3.05) is 6.61 Å². The van der Waals surface area contributed by atoms with E-state index in [1.165, 1.54) is 11.3 Å². The second-order valence-corrected chi connectivity index (χ2v) is 5.27. The van der Waals surface area contributed by atoms with Gasteiger partial charge in [0.05, 0.1) is 30.1 Å². The smallest absolute Gasteiger partial charge is 0.311 e. The number of benzene rings is 1. The third-order valence-electron chi connectivity index (χ3n) is 2.78. The first kappa shape index (κ1) is 16.0. The lowest BCUT2D eigenvalue weighted by Crippen LogP contribution is -2.07. The Bertz CT molecular complexity index is 709. The van der Waals surface area contributed by atoms with Gasteiger partial charge in [-0.1, -0.05) is 0 Å². The molecule has 0 N–H and O–H groups in total. The van der Waals surface area contributed by atoms with Crippen LogP contribution < -0.4 is 0 Å². The molecular weight excluding hydrogens is 300 g/mol. The van der Waals surface area contributed by atoms with Gasteiger partial charge in [0.25, 0.3) is 0 Å². The van der Waals surface area contributed by atoms with E-state index in [9.17, 15) is 4.79 Å². The number of hydrogen-bond acceptors (Lipinski definition) is 7. The second kappa shape index (κ2) is 7.56. The van der Waals surface area contributed by atoms with E-state index in [4.69, 9.17) is 4.74 Å². The standard InChI is InChI=1S/C15H16N4O2S/c1-4-21-14(20)8-12-9-22-15(17-12)19-18-13-6-5-11(16-3)7-10(13)2/h5-7,9H,3-4,8H2,1-2H3. The van der Waals surface area contributed by atoms with E-state index in [1.54, 1.807) is 12.3 Å². The van der Waals surface area contributed by atoms with Crippen LogP contribution in [0.15, 0.2) is 38.8 Å². The van der Waals surface area contributed by atoms with Crippen LogP contribution in [0.3, 0.4) is 0 Å². The molecule has 2 aromatic rings. The molecule has 0 unspecified atom stereocenters. The summed E-state index contributed by atoms with van der Waals surface area (Å²) in [5.41, 5.74) is 3.13. The summed E-state index contributed by atoms with van der Waals surface area (Å²) in [5, 5.41) is 10.6. The molecule has 6 nitrogen and oxygen atoms in total. The normalized spacial score (nSPS) is 10.8. The molecule has 0 aliphatic heterocycles. The van der Waals surface area contributed by atoms with Crippen LogP contribution in [-0.4, -0.2) is 24.3 Å². The number of aryl methyl sites for hydroxylation is 1. The number of azo groups is 1. The second-order valence-electron chi connectivity index (χ2n) is 4.43. The van der Waals surface area contributed by atoms with Gasteiger partial charge in [-0.3, -0.25) is 9.79 Å². The minimum absolute atomic E-state index is 0.151. The number of carbonyl (C=O) groups is 1. The average Bonchev–Trinajstić information content (AvgIpc) is 2.93. The van der Waals surface area contributed by atoms with Crippen molar-refractivity contribution in [2.45, 2.75) is 20.3 Å². The molecule has 0 bridgehead atoms. The number of esters is 1. The highest BCUT2D eigenvalue weighted by atomic mass is 32.1. The van der Waals surface area contributed by atoms with Crippen molar-refractivity contribution in [3.63, 3.8) is 0 Å². The minimum Gasteiger partial charge on any atom is -0.466 e. The predicted octanol–water partition coefficient (Wildman–Crippen LogP) is 4.30. The van der Waals surface area contributed by atoms with E-state index in [2.05, 4.69) is 26.9 Å². The first-order chi connectivity index (χ1) is 10.6. The van der Waals surface area contributed by atoms with Crippen molar-refractivity contribution in [3.8, 4) is 0 Å². The van der Waals surface area contributed by atoms with E-state index in [1.807, 2.05) is 25.1 Å². The number of thiazole rings is 1. The molecule has 1 aromatic carbocycles. The summed E-state index contributed by atoms with van der Waals surface area (Å²) in [6.45, 7) is 7.55. The molecule has 0 atom stereocenters. The van der Waals surface area contributed by atoms with Crippen molar-refractivity contribution < 1.29 is 9.53 Å². The maximum atomic E-state index is 11.4. The maximum Gasteiger partial charge on any atom is 0.311 e. The van der Waals surface area contributed by atoms with Gasteiger partial charge < -0.3 is 4.74 Å². The van der Waals surface area contributed by atoms with Crippen LogP contribution in [0.2, 0.25) is 0 Å². The van der Waals surface area contributed by atoms with E-state index in [-0.39, 0.29) is 12.4 Å². The molecule has 0 fully saturated rings. The Labute approximate surface area is 132 Å². The van der Waals surface area contributed by atoms with Crippen LogP contribution in [0, 0.1) is 6.92 Å². The molecule has 0 aliphatic rings. The van der Waals surface area contributed by atoms with Gasteiger partial charge in [-0.25, -0.2) is 4.98 Å². The third kappa shape index (κ3) is 4.29. The highest BCUT2D eigenvalue weighted by Gasteiger charge is 2.08. The molecule has 0 radical (unpaired) electrons. The Kier molecular flexibility index (Phi) is 5.48. The Morgan fingerprint density at radius 2 is 2.23 bits per heavy atom. The van der Waals surface area contributed by atoms with Gasteiger partial charge in [0.15, 0.2) is 0 Å². The van der Waals surface area contributed by atoms with Gasteiger partial charge in [-0.2, -0.15) is 0 Å². The minimum atomic E-state index is -0.292. The summed E-state index contributed by atoms with van der Waals surface area (Å²) in [4.78, 5) is 19.5. The average molecular weight is 316 g/mol. The quantitative estimate of drug-likeness (QED) is 0.453.